The lowest BCUT2D eigenvalue weighted by atomic mass is 9.72. The molecular formula is C16H25N3O. The molecule has 3 heterocycles. The Hall–Kier alpha value is -1.16. The first-order valence-electron chi connectivity index (χ1n) is 7.88. The molecule has 1 aromatic heterocycles. The van der Waals surface area contributed by atoms with Crippen LogP contribution < -0.4 is 4.90 Å². The van der Waals surface area contributed by atoms with Crippen molar-refractivity contribution in [3.63, 3.8) is 0 Å². The summed E-state index contributed by atoms with van der Waals surface area (Å²) in [5.74, 6) is 2.02. The summed E-state index contributed by atoms with van der Waals surface area (Å²) in [5, 5.41) is 0. The minimum absolute atomic E-state index is 0.546. The lowest BCUT2D eigenvalue weighted by Gasteiger charge is -2.44. The Bertz CT molecular complexity index is 459. The normalized spacial score (nSPS) is 22.2. The van der Waals surface area contributed by atoms with E-state index in [0.29, 0.717) is 5.41 Å². The first-order chi connectivity index (χ1) is 9.71. The molecule has 2 fully saturated rings. The van der Waals surface area contributed by atoms with E-state index < -0.39 is 0 Å². The van der Waals surface area contributed by atoms with Gasteiger partial charge in [-0.25, -0.2) is 9.97 Å². The van der Waals surface area contributed by atoms with Crippen LogP contribution in [-0.4, -0.2) is 36.3 Å². The summed E-state index contributed by atoms with van der Waals surface area (Å²) in [6, 6.07) is 2.16. The molecule has 0 radical (unpaired) electrons. The van der Waals surface area contributed by atoms with Crippen molar-refractivity contribution < 1.29 is 4.74 Å². The highest BCUT2D eigenvalue weighted by Crippen LogP contribution is 2.41. The van der Waals surface area contributed by atoms with Crippen LogP contribution in [0.4, 0.5) is 5.82 Å². The molecule has 0 saturated carbocycles. The number of anilines is 1. The van der Waals surface area contributed by atoms with Crippen molar-refractivity contribution in [1.82, 2.24) is 9.97 Å². The fourth-order valence-corrected chi connectivity index (χ4v) is 3.47. The molecule has 0 aromatic carbocycles. The Morgan fingerprint density at radius 2 is 1.85 bits per heavy atom. The maximum Gasteiger partial charge on any atom is 0.132 e. The maximum atomic E-state index is 5.52. The lowest BCUT2D eigenvalue weighted by Crippen LogP contribution is -2.43. The van der Waals surface area contributed by atoms with Gasteiger partial charge >= 0.3 is 0 Å². The van der Waals surface area contributed by atoms with Crippen LogP contribution in [0.3, 0.4) is 0 Å². The first-order valence-corrected chi connectivity index (χ1v) is 7.88. The predicted octanol–water partition coefficient (Wildman–Crippen LogP) is 2.74. The molecule has 2 saturated heterocycles. The number of aromatic nitrogens is 2. The Morgan fingerprint density at radius 1 is 1.15 bits per heavy atom. The van der Waals surface area contributed by atoms with Gasteiger partial charge in [0, 0.05) is 38.1 Å². The number of aryl methyl sites for hydroxylation is 2. The van der Waals surface area contributed by atoms with E-state index in [9.17, 15) is 0 Å². The average molecular weight is 275 g/mol. The molecule has 0 unspecified atom stereocenters. The molecule has 1 spiro atoms. The van der Waals surface area contributed by atoms with Crippen molar-refractivity contribution in [2.24, 2.45) is 5.41 Å². The monoisotopic (exact) mass is 275 g/mol. The third-order valence-electron chi connectivity index (χ3n) is 4.94. The van der Waals surface area contributed by atoms with Crippen molar-refractivity contribution in [3.8, 4) is 0 Å². The Morgan fingerprint density at radius 3 is 2.50 bits per heavy atom. The predicted molar refractivity (Wildman–Crippen MR) is 80.1 cm³/mol. The van der Waals surface area contributed by atoms with Crippen molar-refractivity contribution in [1.29, 1.82) is 0 Å². The molecule has 0 atom stereocenters. The van der Waals surface area contributed by atoms with Gasteiger partial charge in [0.1, 0.15) is 11.6 Å². The van der Waals surface area contributed by atoms with E-state index in [1.54, 1.807) is 0 Å². The molecule has 0 amide bonds. The summed E-state index contributed by atoms with van der Waals surface area (Å²) in [6.45, 7) is 8.30. The van der Waals surface area contributed by atoms with Crippen molar-refractivity contribution in [3.05, 3.63) is 17.6 Å². The summed E-state index contributed by atoms with van der Waals surface area (Å²) in [5.41, 5.74) is 1.70. The molecular weight excluding hydrogens is 250 g/mol. The Kier molecular flexibility index (Phi) is 3.92. The molecule has 110 valence electrons. The topological polar surface area (TPSA) is 38.2 Å². The number of hydrogen-bond acceptors (Lipinski definition) is 4. The van der Waals surface area contributed by atoms with Gasteiger partial charge in [-0.3, -0.25) is 0 Å². The summed E-state index contributed by atoms with van der Waals surface area (Å²) >= 11 is 0. The quantitative estimate of drug-likeness (QED) is 0.832. The molecule has 0 bridgehead atoms. The average Bonchev–Trinajstić information content (AvgIpc) is 2.48. The molecule has 2 aliphatic rings. The zero-order chi connectivity index (χ0) is 14.0. The summed E-state index contributed by atoms with van der Waals surface area (Å²) in [6.07, 6.45) is 6.01. The Balaban J connectivity index is 1.70. The van der Waals surface area contributed by atoms with Crippen LogP contribution in [0.15, 0.2) is 6.07 Å². The van der Waals surface area contributed by atoms with Crippen LogP contribution in [0.5, 0.6) is 0 Å². The fraction of sp³-hybridized carbons (Fsp3) is 0.750. The van der Waals surface area contributed by atoms with E-state index in [1.165, 1.54) is 25.7 Å². The minimum Gasteiger partial charge on any atom is -0.381 e. The van der Waals surface area contributed by atoms with Crippen molar-refractivity contribution >= 4 is 5.82 Å². The van der Waals surface area contributed by atoms with Crippen molar-refractivity contribution in [2.45, 2.75) is 46.0 Å². The molecule has 4 nitrogen and oxygen atoms in total. The standard InChI is InChI=1S/C16H25N3O/c1-3-14-12-15(18-13(2)17-14)19-8-4-16(5-9-19)6-10-20-11-7-16/h12H,3-11H2,1-2H3. The van der Waals surface area contributed by atoms with Gasteiger partial charge in [-0.2, -0.15) is 0 Å². The van der Waals surface area contributed by atoms with Gasteiger partial charge in [0.25, 0.3) is 0 Å². The van der Waals surface area contributed by atoms with E-state index >= 15 is 0 Å². The highest BCUT2D eigenvalue weighted by atomic mass is 16.5. The number of rotatable bonds is 2. The molecule has 0 aliphatic carbocycles. The van der Waals surface area contributed by atoms with Crippen molar-refractivity contribution in [2.75, 3.05) is 31.2 Å². The van der Waals surface area contributed by atoms with Crippen LogP contribution in [0, 0.1) is 12.3 Å². The van der Waals surface area contributed by atoms with E-state index in [-0.39, 0.29) is 0 Å². The zero-order valence-electron chi connectivity index (χ0n) is 12.7. The van der Waals surface area contributed by atoms with Crippen LogP contribution in [0.25, 0.3) is 0 Å². The third-order valence-corrected chi connectivity index (χ3v) is 4.94. The second kappa shape index (κ2) is 5.68. The van der Waals surface area contributed by atoms with Crippen LogP contribution >= 0.6 is 0 Å². The molecule has 3 rings (SSSR count). The fourth-order valence-electron chi connectivity index (χ4n) is 3.47. The highest BCUT2D eigenvalue weighted by Gasteiger charge is 2.36. The SMILES string of the molecule is CCc1cc(N2CCC3(CCOCC3)CC2)nc(C)n1. The van der Waals surface area contributed by atoms with Gasteiger partial charge in [0.2, 0.25) is 0 Å². The Labute approximate surface area is 121 Å². The third kappa shape index (κ3) is 2.80. The minimum atomic E-state index is 0.546. The summed E-state index contributed by atoms with van der Waals surface area (Å²) in [7, 11) is 0. The molecule has 1 aromatic rings. The highest BCUT2D eigenvalue weighted by molar-refractivity contribution is 5.40. The summed E-state index contributed by atoms with van der Waals surface area (Å²) in [4.78, 5) is 11.5. The zero-order valence-corrected chi connectivity index (χ0v) is 12.7. The van der Waals surface area contributed by atoms with Gasteiger partial charge in [-0.05, 0) is 44.4 Å². The van der Waals surface area contributed by atoms with Crippen LogP contribution in [0.1, 0.15) is 44.1 Å². The number of piperidine rings is 1. The van der Waals surface area contributed by atoms with Crippen LogP contribution in [-0.2, 0) is 11.2 Å². The smallest absolute Gasteiger partial charge is 0.132 e. The van der Waals surface area contributed by atoms with E-state index in [4.69, 9.17) is 4.74 Å². The largest absolute Gasteiger partial charge is 0.381 e. The lowest BCUT2D eigenvalue weighted by molar-refractivity contribution is 0.00206. The molecule has 2 aliphatic heterocycles. The van der Waals surface area contributed by atoms with E-state index in [2.05, 4.69) is 27.9 Å². The van der Waals surface area contributed by atoms with E-state index in [1.807, 2.05) is 6.92 Å². The van der Waals surface area contributed by atoms with Gasteiger partial charge in [-0.15, -0.1) is 0 Å². The van der Waals surface area contributed by atoms with Gasteiger partial charge in [0.05, 0.1) is 0 Å². The molecule has 20 heavy (non-hydrogen) atoms. The molecule has 0 N–H and O–H groups in total. The first kappa shape index (κ1) is 13.8. The summed E-state index contributed by atoms with van der Waals surface area (Å²) < 4.78 is 5.52. The van der Waals surface area contributed by atoms with Gasteiger partial charge < -0.3 is 9.64 Å². The number of nitrogens with zero attached hydrogens (tertiary/aromatic N) is 3. The maximum absolute atomic E-state index is 5.52. The van der Waals surface area contributed by atoms with Gasteiger partial charge in [-0.1, -0.05) is 6.92 Å². The number of ether oxygens (including phenoxy) is 1. The second-order valence-electron chi connectivity index (χ2n) is 6.22. The second-order valence-corrected chi connectivity index (χ2v) is 6.22. The number of hydrogen-bond donors (Lipinski definition) is 0. The van der Waals surface area contributed by atoms with Gasteiger partial charge in [0.15, 0.2) is 0 Å². The van der Waals surface area contributed by atoms with E-state index in [0.717, 1.165) is 50.1 Å². The molecule has 4 heteroatoms. The van der Waals surface area contributed by atoms with Crippen LogP contribution in [0.2, 0.25) is 0 Å².